The van der Waals surface area contributed by atoms with Crippen molar-refractivity contribution in [2.75, 3.05) is 0 Å². The highest BCUT2D eigenvalue weighted by atomic mass is 16.3. The predicted octanol–water partition coefficient (Wildman–Crippen LogP) is 13.6. The Balaban J connectivity index is 1.20. The van der Waals surface area contributed by atoms with E-state index >= 15 is 0 Å². The van der Waals surface area contributed by atoms with Gasteiger partial charge in [-0.15, -0.1) is 0 Å². The maximum Gasteiger partial charge on any atom is 0.236 e. The Morgan fingerprint density at radius 3 is 2.11 bits per heavy atom. The fourth-order valence-electron chi connectivity index (χ4n) is 9.75. The van der Waals surface area contributed by atoms with Gasteiger partial charge >= 0.3 is 0 Å². The number of fused-ring (bicyclic) bond motifs is 14. The number of rotatable bonds is 3. The molecule has 1 aliphatic carbocycles. The van der Waals surface area contributed by atoms with E-state index in [4.69, 9.17) is 14.4 Å². The zero-order valence-corrected chi connectivity index (χ0v) is 30.8. The number of hydrogen-bond donors (Lipinski definition) is 0. The van der Waals surface area contributed by atoms with E-state index in [1.54, 1.807) is 0 Å². The van der Waals surface area contributed by atoms with Crippen LogP contribution in [0.5, 0.6) is 0 Å². The summed E-state index contributed by atoms with van der Waals surface area (Å²) in [5, 5.41) is 5.80. The Hall–Kier alpha value is -7.50. The summed E-state index contributed by atoms with van der Waals surface area (Å²) in [6.07, 6.45) is 6.67. The van der Waals surface area contributed by atoms with E-state index in [1.165, 1.54) is 60.5 Å². The van der Waals surface area contributed by atoms with E-state index in [-0.39, 0.29) is 0 Å². The first kappa shape index (κ1) is 30.8. The van der Waals surface area contributed by atoms with Crippen molar-refractivity contribution in [3.05, 3.63) is 175 Å². The van der Waals surface area contributed by atoms with Gasteiger partial charge in [0, 0.05) is 49.3 Å². The molecule has 0 radical (unpaired) electrons. The topological polar surface area (TPSA) is 48.8 Å². The normalized spacial score (nSPS) is 13.7. The van der Waals surface area contributed by atoms with E-state index < -0.39 is 0 Å². The van der Waals surface area contributed by atoms with Gasteiger partial charge in [-0.3, -0.25) is 4.57 Å². The molecule has 7 aromatic carbocycles. The lowest BCUT2D eigenvalue weighted by Gasteiger charge is -2.18. The molecule has 266 valence electrons. The lowest BCUT2D eigenvalue weighted by Crippen LogP contribution is -2.03. The fourth-order valence-corrected chi connectivity index (χ4v) is 9.75. The monoisotopic (exact) mass is 728 g/mol. The van der Waals surface area contributed by atoms with Crippen molar-refractivity contribution in [1.82, 2.24) is 19.1 Å². The van der Waals surface area contributed by atoms with Gasteiger partial charge in [-0.25, -0.2) is 9.97 Å². The fraction of sp³-hybridized carbons (Fsp3) is 0.0385. The minimum atomic E-state index is 0.609. The summed E-state index contributed by atoms with van der Waals surface area (Å²) in [5.41, 5.74) is 17.3. The van der Waals surface area contributed by atoms with Crippen molar-refractivity contribution in [1.29, 1.82) is 0 Å². The smallest absolute Gasteiger partial charge is 0.236 e. The van der Waals surface area contributed by atoms with E-state index in [2.05, 4.69) is 167 Å². The van der Waals surface area contributed by atoms with E-state index in [1.807, 2.05) is 12.1 Å². The average molecular weight is 729 g/mol. The standard InChI is InChI=1S/C52H32N4O/c1-2-15-31(16-3-1)32-17-14-18-33(29-32)48-51-49(39-24-9-13-28-45(39)57-51)54-52(53-48)56-43-27-12-8-23-38(43)46-44(56)30-40-36-21-7-11-26-42(36)55-41-25-10-6-20-35(41)34-19-4-5-22-37(34)47(46)50(40)55/h1-9,11-24,26-30H,10,25H2. The summed E-state index contributed by atoms with van der Waals surface area (Å²) < 4.78 is 11.5. The number of para-hydroxylation sites is 3. The van der Waals surface area contributed by atoms with Crippen LogP contribution in [-0.4, -0.2) is 19.1 Å². The van der Waals surface area contributed by atoms with Crippen LogP contribution in [0.3, 0.4) is 0 Å². The minimum Gasteiger partial charge on any atom is -0.452 e. The molecule has 0 saturated carbocycles. The Bertz CT molecular complexity index is 3580. The molecule has 0 unspecified atom stereocenters. The van der Waals surface area contributed by atoms with Crippen molar-refractivity contribution in [3.63, 3.8) is 0 Å². The number of hydrogen-bond acceptors (Lipinski definition) is 3. The predicted molar refractivity (Wildman–Crippen MR) is 234 cm³/mol. The molecule has 5 heterocycles. The highest BCUT2D eigenvalue weighted by Gasteiger charge is 2.31. The highest BCUT2D eigenvalue weighted by Crippen LogP contribution is 2.52. The summed E-state index contributed by atoms with van der Waals surface area (Å²) in [6, 6.07) is 56.3. The van der Waals surface area contributed by atoms with Crippen LogP contribution >= 0.6 is 0 Å². The molecule has 0 N–H and O–H groups in total. The molecular formula is C52H32N4O. The van der Waals surface area contributed by atoms with E-state index in [9.17, 15) is 0 Å². The van der Waals surface area contributed by atoms with Crippen LogP contribution in [0.1, 0.15) is 18.4 Å². The van der Waals surface area contributed by atoms with Gasteiger partial charge in [0.1, 0.15) is 16.8 Å². The first-order valence-electron chi connectivity index (χ1n) is 19.6. The molecule has 11 aromatic rings. The summed E-state index contributed by atoms with van der Waals surface area (Å²) in [7, 11) is 0. The summed E-state index contributed by atoms with van der Waals surface area (Å²) in [6.45, 7) is 0. The lowest BCUT2D eigenvalue weighted by molar-refractivity contribution is 0.666. The van der Waals surface area contributed by atoms with Crippen molar-refractivity contribution < 1.29 is 4.42 Å². The SMILES string of the molecule is C1=CC2=C(CC1)n1c3ccccc3c3cc4c(c(c31)-c1ccccc12)c1ccccc1n4-c1nc(-c2cccc(-c3ccccc3)c2)c2oc3ccccc3c2n1. The van der Waals surface area contributed by atoms with Crippen molar-refractivity contribution in [2.45, 2.75) is 12.8 Å². The Morgan fingerprint density at radius 1 is 0.526 bits per heavy atom. The van der Waals surface area contributed by atoms with Gasteiger partial charge < -0.3 is 8.98 Å². The number of nitrogens with zero attached hydrogens (tertiary/aromatic N) is 4. The summed E-state index contributed by atoms with van der Waals surface area (Å²) in [5.74, 6) is 0.609. The molecule has 4 aromatic heterocycles. The van der Waals surface area contributed by atoms with Crippen LogP contribution in [-0.2, 0) is 0 Å². The maximum atomic E-state index is 6.64. The lowest BCUT2D eigenvalue weighted by atomic mass is 9.89. The minimum absolute atomic E-state index is 0.609. The molecule has 0 atom stereocenters. The number of allylic oxidation sites excluding steroid dienone is 4. The number of benzene rings is 7. The first-order valence-corrected chi connectivity index (χ1v) is 19.6. The third kappa shape index (κ3) is 4.23. The van der Waals surface area contributed by atoms with Crippen LogP contribution in [0, 0.1) is 0 Å². The second kappa shape index (κ2) is 11.5. The molecule has 1 aliphatic heterocycles. The maximum absolute atomic E-state index is 6.64. The summed E-state index contributed by atoms with van der Waals surface area (Å²) in [4.78, 5) is 11.0. The quantitative estimate of drug-likeness (QED) is 0.182. The van der Waals surface area contributed by atoms with Crippen LogP contribution in [0.4, 0.5) is 0 Å². The first-order chi connectivity index (χ1) is 28.3. The molecule has 57 heavy (non-hydrogen) atoms. The van der Waals surface area contributed by atoms with Gasteiger partial charge in [-0.05, 0) is 71.5 Å². The van der Waals surface area contributed by atoms with Crippen LogP contribution in [0.15, 0.2) is 174 Å². The second-order valence-corrected chi connectivity index (χ2v) is 15.2. The third-order valence-electron chi connectivity index (χ3n) is 12.1. The second-order valence-electron chi connectivity index (χ2n) is 15.2. The van der Waals surface area contributed by atoms with Crippen LogP contribution < -0.4 is 0 Å². The summed E-state index contributed by atoms with van der Waals surface area (Å²) >= 11 is 0. The average Bonchev–Trinajstić information content (AvgIpc) is 3.90. The largest absolute Gasteiger partial charge is 0.452 e. The number of aromatic nitrogens is 4. The van der Waals surface area contributed by atoms with Gasteiger partial charge in [0.25, 0.3) is 0 Å². The molecule has 0 saturated heterocycles. The molecule has 13 rings (SSSR count). The van der Waals surface area contributed by atoms with Crippen molar-refractivity contribution >= 4 is 77.0 Å². The number of furan rings is 1. The molecule has 0 bridgehead atoms. The van der Waals surface area contributed by atoms with Gasteiger partial charge in [-0.1, -0.05) is 133 Å². The van der Waals surface area contributed by atoms with Gasteiger partial charge in [0.05, 0.1) is 22.1 Å². The Labute approximate surface area is 327 Å². The Kier molecular flexibility index (Phi) is 6.22. The molecule has 2 aliphatic rings. The van der Waals surface area contributed by atoms with Gasteiger partial charge in [0.2, 0.25) is 5.95 Å². The van der Waals surface area contributed by atoms with Crippen LogP contribution in [0.2, 0.25) is 0 Å². The van der Waals surface area contributed by atoms with E-state index in [0.717, 1.165) is 62.7 Å². The van der Waals surface area contributed by atoms with Crippen LogP contribution in [0.25, 0.3) is 116 Å². The molecule has 0 fully saturated rings. The molecule has 5 nitrogen and oxygen atoms in total. The molecule has 5 heteroatoms. The van der Waals surface area contributed by atoms with Gasteiger partial charge in [-0.2, -0.15) is 0 Å². The zero-order chi connectivity index (χ0) is 37.2. The molecular weight excluding hydrogens is 697 g/mol. The van der Waals surface area contributed by atoms with E-state index in [0.29, 0.717) is 11.5 Å². The molecule has 0 spiro atoms. The van der Waals surface area contributed by atoms with Crippen molar-refractivity contribution in [3.8, 4) is 39.5 Å². The Morgan fingerprint density at radius 2 is 1.23 bits per heavy atom. The zero-order valence-electron chi connectivity index (χ0n) is 30.8. The van der Waals surface area contributed by atoms with Gasteiger partial charge in [0.15, 0.2) is 5.58 Å². The van der Waals surface area contributed by atoms with Crippen molar-refractivity contribution in [2.24, 2.45) is 0 Å². The third-order valence-corrected chi connectivity index (χ3v) is 12.1. The molecule has 0 amide bonds. The highest BCUT2D eigenvalue weighted by molar-refractivity contribution is 6.29.